The third-order valence-corrected chi connectivity index (χ3v) is 12.4. The van der Waals surface area contributed by atoms with Crippen LogP contribution in [0.25, 0.3) is 0 Å². The second-order valence-electron chi connectivity index (χ2n) is 7.32. The van der Waals surface area contributed by atoms with Crippen molar-refractivity contribution in [1.82, 2.24) is 9.44 Å². The Morgan fingerprint density at radius 2 is 0.973 bits per heavy atom. The SMILES string of the molecule is COc1ccc(C(S(=O)(=O)NCC(=O)O)S(=O)(=O)C(c2ccc(OC)cc2)S(=O)(=O)NCC(=O)O)cc1. The molecule has 2 rings (SSSR count). The molecule has 0 heterocycles. The molecule has 2 aromatic carbocycles. The number of sulfone groups is 1. The molecule has 2 atom stereocenters. The van der Waals surface area contributed by atoms with Gasteiger partial charge in [-0.15, -0.1) is 0 Å². The van der Waals surface area contributed by atoms with E-state index in [4.69, 9.17) is 19.7 Å². The van der Waals surface area contributed by atoms with Gasteiger partial charge in [0.05, 0.1) is 14.2 Å². The highest BCUT2D eigenvalue weighted by molar-refractivity contribution is 8.14. The number of carboxylic acids is 2. The van der Waals surface area contributed by atoms with E-state index < -0.39 is 75.2 Å². The Morgan fingerprint density at radius 1 is 0.676 bits per heavy atom. The van der Waals surface area contributed by atoms with Gasteiger partial charge in [0, 0.05) is 0 Å². The molecular weight excluding hydrogens is 556 g/mol. The van der Waals surface area contributed by atoms with Crippen molar-refractivity contribution < 1.29 is 54.5 Å². The lowest BCUT2D eigenvalue weighted by molar-refractivity contribution is -0.136. The predicted octanol–water partition coefficient (Wildman–Crippen LogP) is -0.176. The molecule has 0 radical (unpaired) electrons. The van der Waals surface area contributed by atoms with Crippen molar-refractivity contribution in [2.75, 3.05) is 27.3 Å². The van der Waals surface area contributed by atoms with Gasteiger partial charge in [-0.2, -0.15) is 0 Å². The summed E-state index contributed by atoms with van der Waals surface area (Å²) < 4.78 is 88.5. The highest BCUT2D eigenvalue weighted by atomic mass is 32.3. The summed E-state index contributed by atoms with van der Waals surface area (Å²) in [6.07, 6.45) is 0. The monoisotopic (exact) mass is 580 g/mol. The topological polar surface area (TPSA) is 220 Å². The predicted molar refractivity (Wildman–Crippen MR) is 130 cm³/mol. The Kier molecular flexibility index (Phi) is 9.61. The van der Waals surface area contributed by atoms with Gasteiger partial charge >= 0.3 is 11.9 Å². The molecule has 0 aliphatic rings. The number of carbonyl (C=O) groups is 2. The molecular formula is C20H24N2O12S3. The normalized spacial score (nSPS) is 13.9. The number of ether oxygens (including phenoxy) is 2. The number of nitrogens with one attached hydrogen (secondary N) is 2. The van der Waals surface area contributed by atoms with Crippen molar-refractivity contribution in [2.24, 2.45) is 0 Å². The standard InChI is InChI=1S/C20H24N2O12S3/c1-33-15-7-3-13(4-8-15)19(36(29,30)21-11-17(23)24)35(27,28)20(37(31,32)22-12-18(25)26)14-5-9-16(34-2)10-6-14/h3-10,19-22H,11-12H2,1-2H3,(H,23,24)(H,25,26). The highest BCUT2D eigenvalue weighted by Gasteiger charge is 2.50. The summed E-state index contributed by atoms with van der Waals surface area (Å²) in [6, 6.07) is 9.14. The van der Waals surface area contributed by atoms with Crippen LogP contribution in [-0.2, 0) is 39.5 Å². The van der Waals surface area contributed by atoms with Gasteiger partial charge in [-0.05, 0) is 35.4 Å². The van der Waals surface area contributed by atoms with Crippen molar-refractivity contribution in [3.05, 3.63) is 59.7 Å². The summed E-state index contributed by atoms with van der Waals surface area (Å²) >= 11 is 0. The summed E-state index contributed by atoms with van der Waals surface area (Å²) in [6.45, 7) is -2.39. The molecule has 17 heteroatoms. The average Bonchev–Trinajstić information content (AvgIpc) is 2.82. The van der Waals surface area contributed by atoms with Gasteiger partial charge in [-0.1, -0.05) is 24.3 Å². The van der Waals surface area contributed by atoms with Gasteiger partial charge in [-0.25, -0.2) is 34.7 Å². The number of methoxy groups -OCH3 is 2. The number of rotatable bonds is 14. The third-order valence-electron chi connectivity index (χ3n) is 4.79. The van der Waals surface area contributed by atoms with Gasteiger partial charge < -0.3 is 19.7 Å². The minimum Gasteiger partial charge on any atom is -0.497 e. The Hall–Kier alpha value is -3.25. The summed E-state index contributed by atoms with van der Waals surface area (Å²) in [4.78, 5) is 22.0. The average molecular weight is 581 g/mol. The van der Waals surface area contributed by atoms with Crippen molar-refractivity contribution in [3.8, 4) is 11.5 Å². The van der Waals surface area contributed by atoms with Crippen LogP contribution in [0.3, 0.4) is 0 Å². The Labute approximate surface area is 213 Å². The highest BCUT2D eigenvalue weighted by Crippen LogP contribution is 2.41. The molecule has 2 aromatic rings. The molecule has 0 saturated carbocycles. The fraction of sp³-hybridized carbons (Fsp3) is 0.300. The Balaban J connectivity index is 2.83. The van der Waals surface area contributed by atoms with Gasteiger partial charge in [0.1, 0.15) is 24.6 Å². The van der Waals surface area contributed by atoms with Gasteiger partial charge in [0.2, 0.25) is 29.2 Å². The van der Waals surface area contributed by atoms with Crippen molar-refractivity contribution >= 4 is 41.8 Å². The van der Waals surface area contributed by atoms with E-state index in [-0.39, 0.29) is 11.5 Å². The van der Waals surface area contributed by atoms with Crippen LogP contribution in [-0.4, -0.2) is 74.7 Å². The maximum Gasteiger partial charge on any atom is 0.318 e. The van der Waals surface area contributed by atoms with Crippen molar-refractivity contribution in [2.45, 2.75) is 9.16 Å². The summed E-state index contributed by atoms with van der Waals surface area (Å²) in [5, 5.41) is 17.8. The van der Waals surface area contributed by atoms with Crippen LogP contribution in [0.2, 0.25) is 0 Å². The van der Waals surface area contributed by atoms with E-state index in [2.05, 4.69) is 0 Å². The molecule has 37 heavy (non-hydrogen) atoms. The Morgan fingerprint density at radius 3 is 1.22 bits per heavy atom. The molecule has 0 bridgehead atoms. The minimum absolute atomic E-state index is 0.221. The van der Waals surface area contributed by atoms with Crippen LogP contribution in [0.15, 0.2) is 48.5 Å². The molecule has 0 spiro atoms. The van der Waals surface area contributed by atoms with Crippen molar-refractivity contribution in [1.29, 1.82) is 0 Å². The van der Waals surface area contributed by atoms with E-state index in [0.29, 0.717) is 0 Å². The number of hydrogen-bond acceptors (Lipinski definition) is 10. The second-order valence-corrected chi connectivity index (χ2v) is 13.7. The zero-order chi connectivity index (χ0) is 28.0. The van der Waals surface area contributed by atoms with Crippen LogP contribution in [0.1, 0.15) is 20.3 Å². The molecule has 0 aliphatic heterocycles. The number of aliphatic carboxylic acids is 2. The second kappa shape index (κ2) is 11.9. The summed E-state index contributed by atoms with van der Waals surface area (Å²) in [5.41, 5.74) is -0.851. The van der Waals surface area contributed by atoms with E-state index in [0.717, 1.165) is 24.3 Å². The smallest absolute Gasteiger partial charge is 0.318 e. The maximum atomic E-state index is 13.9. The third kappa shape index (κ3) is 7.39. The quantitative estimate of drug-likeness (QED) is 0.229. The van der Waals surface area contributed by atoms with E-state index in [9.17, 15) is 34.8 Å². The van der Waals surface area contributed by atoms with E-state index in [1.165, 1.54) is 38.5 Å². The lowest BCUT2D eigenvalue weighted by Gasteiger charge is -2.25. The van der Waals surface area contributed by atoms with Crippen LogP contribution >= 0.6 is 0 Å². The summed E-state index contributed by atoms with van der Waals surface area (Å²) in [5.74, 6) is -2.81. The lowest BCUT2D eigenvalue weighted by atomic mass is 10.2. The van der Waals surface area contributed by atoms with Crippen LogP contribution in [0.4, 0.5) is 0 Å². The van der Waals surface area contributed by atoms with E-state index in [1.54, 1.807) is 9.44 Å². The Bertz CT molecular complexity index is 1330. The van der Waals surface area contributed by atoms with Gasteiger partial charge in [0.25, 0.3) is 0 Å². The minimum atomic E-state index is -5.39. The van der Waals surface area contributed by atoms with Crippen LogP contribution in [0, 0.1) is 0 Å². The first-order chi connectivity index (χ1) is 17.2. The molecule has 0 amide bonds. The molecule has 204 valence electrons. The first-order valence-electron chi connectivity index (χ1n) is 10.1. The molecule has 0 aliphatic carbocycles. The lowest BCUT2D eigenvalue weighted by Crippen LogP contribution is -2.42. The number of hydrogen-bond donors (Lipinski definition) is 4. The number of carboxylic acid groups (broad SMARTS) is 2. The number of sulfonamides is 2. The zero-order valence-electron chi connectivity index (χ0n) is 19.4. The van der Waals surface area contributed by atoms with Crippen LogP contribution in [0.5, 0.6) is 11.5 Å². The van der Waals surface area contributed by atoms with E-state index >= 15 is 0 Å². The molecule has 2 unspecified atom stereocenters. The first-order valence-corrected chi connectivity index (χ1v) is 14.8. The fourth-order valence-corrected chi connectivity index (χ4v) is 10.6. The van der Waals surface area contributed by atoms with Gasteiger partial charge in [-0.3, -0.25) is 9.59 Å². The molecule has 0 aromatic heterocycles. The maximum absolute atomic E-state index is 13.9. The fourth-order valence-electron chi connectivity index (χ4n) is 3.20. The number of benzene rings is 2. The molecule has 0 fully saturated rings. The largest absolute Gasteiger partial charge is 0.497 e. The molecule has 14 nitrogen and oxygen atoms in total. The van der Waals surface area contributed by atoms with Crippen LogP contribution < -0.4 is 18.9 Å². The van der Waals surface area contributed by atoms with Crippen molar-refractivity contribution in [3.63, 3.8) is 0 Å². The van der Waals surface area contributed by atoms with Gasteiger partial charge in [0.15, 0.2) is 9.84 Å². The zero-order valence-corrected chi connectivity index (χ0v) is 21.8. The molecule has 4 N–H and O–H groups in total. The summed E-state index contributed by atoms with van der Waals surface area (Å²) in [7, 11) is -13.0. The molecule has 0 saturated heterocycles. The first kappa shape index (κ1) is 30.0. The van der Waals surface area contributed by atoms with E-state index in [1.807, 2.05) is 0 Å².